The normalized spacial score (nSPS) is 17.6. The smallest absolute Gasteiger partial charge is 0.300 e. The quantitative estimate of drug-likeness (QED) is 0.330. The monoisotopic (exact) mass is 433 g/mol. The lowest BCUT2D eigenvalue weighted by Crippen LogP contribution is -2.29. The summed E-state index contributed by atoms with van der Waals surface area (Å²) in [5, 5.41) is 11.1. The van der Waals surface area contributed by atoms with E-state index in [0.717, 1.165) is 0 Å². The van der Waals surface area contributed by atoms with Gasteiger partial charge in [0.05, 0.1) is 25.1 Å². The minimum absolute atomic E-state index is 0.0454. The first-order valence-electron chi connectivity index (χ1n) is 10.4. The van der Waals surface area contributed by atoms with E-state index in [1.54, 1.807) is 60.7 Å². The number of carbonyl (C=O) groups excluding carboxylic acids is 2. The first kappa shape index (κ1) is 21.2. The molecule has 0 radical (unpaired) electrons. The molecule has 0 saturated carbocycles. The van der Waals surface area contributed by atoms with Gasteiger partial charge in [0.25, 0.3) is 11.7 Å². The number of anilines is 1. The van der Waals surface area contributed by atoms with Crippen LogP contribution in [0.25, 0.3) is 5.76 Å². The number of hydrogen-bond acceptors (Lipinski definition) is 6. The van der Waals surface area contributed by atoms with Gasteiger partial charge >= 0.3 is 0 Å². The van der Waals surface area contributed by atoms with Crippen molar-refractivity contribution in [3.8, 4) is 11.5 Å². The molecule has 1 amide bonds. The van der Waals surface area contributed by atoms with E-state index in [-0.39, 0.29) is 11.3 Å². The minimum atomic E-state index is -0.923. The molecule has 0 spiro atoms. The molecule has 7 heteroatoms. The van der Waals surface area contributed by atoms with Crippen molar-refractivity contribution in [1.29, 1.82) is 0 Å². The summed E-state index contributed by atoms with van der Waals surface area (Å²) in [6.45, 7) is 4.70. The molecule has 164 valence electrons. The third kappa shape index (κ3) is 3.85. The van der Waals surface area contributed by atoms with Crippen molar-refractivity contribution in [2.45, 2.75) is 19.9 Å². The molecule has 32 heavy (non-hydrogen) atoms. The van der Waals surface area contributed by atoms with Crippen molar-refractivity contribution in [2.75, 3.05) is 18.1 Å². The van der Waals surface area contributed by atoms with Crippen LogP contribution in [0.2, 0.25) is 0 Å². The van der Waals surface area contributed by atoms with Gasteiger partial charge in [0.1, 0.15) is 29.1 Å². The zero-order valence-electron chi connectivity index (χ0n) is 17.8. The standard InChI is InChI=1S/C25H23NO6/c1-3-30-18-12-10-16(11-13-18)23(27)21-22(20-9-6-14-32-20)26(25(29)24(21)28)17-7-5-8-19(15-17)31-4-2/h5-15,22,27H,3-4H2,1-2H3/b23-21-. The average Bonchev–Trinajstić information content (AvgIpc) is 3.42. The van der Waals surface area contributed by atoms with E-state index < -0.39 is 17.7 Å². The number of ketones is 1. The third-order valence-corrected chi connectivity index (χ3v) is 5.10. The van der Waals surface area contributed by atoms with E-state index in [4.69, 9.17) is 13.9 Å². The summed E-state index contributed by atoms with van der Waals surface area (Å²) in [4.78, 5) is 27.5. The highest BCUT2D eigenvalue weighted by molar-refractivity contribution is 6.51. The summed E-state index contributed by atoms with van der Waals surface area (Å²) in [5.41, 5.74) is 0.812. The van der Waals surface area contributed by atoms with E-state index in [9.17, 15) is 14.7 Å². The fraction of sp³-hybridized carbons (Fsp3) is 0.200. The third-order valence-electron chi connectivity index (χ3n) is 5.10. The molecule has 4 rings (SSSR count). The molecule has 1 fully saturated rings. The fourth-order valence-electron chi connectivity index (χ4n) is 3.74. The maximum absolute atomic E-state index is 13.1. The van der Waals surface area contributed by atoms with Gasteiger partial charge in [-0.15, -0.1) is 0 Å². The van der Waals surface area contributed by atoms with Crippen molar-refractivity contribution < 1.29 is 28.6 Å². The Balaban J connectivity index is 1.83. The Kier molecular flexibility index (Phi) is 5.98. The Hall–Kier alpha value is -4.00. The number of benzene rings is 2. The van der Waals surface area contributed by atoms with Crippen molar-refractivity contribution in [3.63, 3.8) is 0 Å². The number of rotatable bonds is 7. The number of ether oxygens (including phenoxy) is 2. The molecule has 3 aromatic rings. The number of Topliss-reactive ketones (excluding diaryl/α,β-unsaturated/α-hetero) is 1. The van der Waals surface area contributed by atoms with Gasteiger partial charge in [-0.25, -0.2) is 0 Å². The Bertz CT molecular complexity index is 1150. The summed E-state index contributed by atoms with van der Waals surface area (Å²) in [7, 11) is 0. The number of carbonyl (C=O) groups is 2. The molecule has 1 atom stereocenters. The van der Waals surface area contributed by atoms with E-state index in [0.29, 0.717) is 41.7 Å². The number of nitrogens with zero attached hydrogens (tertiary/aromatic N) is 1. The molecule has 0 bridgehead atoms. The lowest BCUT2D eigenvalue weighted by molar-refractivity contribution is -0.132. The Labute approximate surface area is 185 Å². The zero-order valence-corrected chi connectivity index (χ0v) is 17.8. The van der Waals surface area contributed by atoms with Crippen molar-refractivity contribution in [2.24, 2.45) is 0 Å². The second kappa shape index (κ2) is 9.01. The average molecular weight is 433 g/mol. The first-order chi connectivity index (χ1) is 15.5. The fourth-order valence-corrected chi connectivity index (χ4v) is 3.74. The van der Waals surface area contributed by atoms with E-state index in [2.05, 4.69) is 0 Å². The molecule has 0 aliphatic carbocycles. The van der Waals surface area contributed by atoms with Crippen LogP contribution in [-0.4, -0.2) is 30.0 Å². The van der Waals surface area contributed by atoms with Crippen LogP contribution in [0.3, 0.4) is 0 Å². The Morgan fingerprint density at radius 1 is 0.969 bits per heavy atom. The lowest BCUT2D eigenvalue weighted by atomic mass is 9.99. The molecule has 1 aliphatic heterocycles. The maximum Gasteiger partial charge on any atom is 0.300 e. The van der Waals surface area contributed by atoms with Gasteiger partial charge in [0, 0.05) is 17.3 Å². The first-order valence-corrected chi connectivity index (χ1v) is 10.4. The van der Waals surface area contributed by atoms with Crippen molar-refractivity contribution in [1.82, 2.24) is 0 Å². The van der Waals surface area contributed by atoms with Gasteiger partial charge in [-0.3, -0.25) is 14.5 Å². The van der Waals surface area contributed by atoms with Gasteiger partial charge < -0.3 is 19.0 Å². The minimum Gasteiger partial charge on any atom is -0.507 e. The van der Waals surface area contributed by atoms with Crippen LogP contribution in [0.5, 0.6) is 11.5 Å². The number of furan rings is 1. The van der Waals surface area contributed by atoms with Crippen LogP contribution in [0, 0.1) is 0 Å². The van der Waals surface area contributed by atoms with Crippen LogP contribution in [0.15, 0.2) is 76.9 Å². The second-order valence-electron chi connectivity index (χ2n) is 7.07. The van der Waals surface area contributed by atoms with Crippen LogP contribution in [0.4, 0.5) is 5.69 Å². The molecule has 7 nitrogen and oxygen atoms in total. The number of amides is 1. The molecule has 1 saturated heterocycles. The zero-order chi connectivity index (χ0) is 22.7. The largest absolute Gasteiger partial charge is 0.507 e. The summed E-state index contributed by atoms with van der Waals surface area (Å²) >= 11 is 0. The van der Waals surface area contributed by atoms with Crippen LogP contribution in [-0.2, 0) is 9.59 Å². The summed E-state index contributed by atoms with van der Waals surface area (Å²) in [6, 6.07) is 16.0. The number of hydrogen-bond donors (Lipinski definition) is 1. The van der Waals surface area contributed by atoms with Gasteiger partial charge in [0.15, 0.2) is 0 Å². The molecule has 2 aromatic carbocycles. The Morgan fingerprint density at radius 3 is 2.34 bits per heavy atom. The second-order valence-corrected chi connectivity index (χ2v) is 7.07. The SMILES string of the molecule is CCOc1ccc(/C(O)=C2/C(=O)C(=O)N(c3cccc(OCC)c3)C2c2ccco2)cc1. The molecule has 1 unspecified atom stereocenters. The predicted molar refractivity (Wildman–Crippen MR) is 119 cm³/mol. The van der Waals surface area contributed by atoms with Crippen LogP contribution in [0.1, 0.15) is 31.2 Å². The molecule has 1 N–H and O–H groups in total. The molecular weight excluding hydrogens is 410 g/mol. The van der Waals surface area contributed by atoms with Gasteiger partial charge in [-0.05, 0) is 62.4 Å². The highest BCUT2D eigenvalue weighted by atomic mass is 16.5. The highest BCUT2D eigenvalue weighted by Gasteiger charge is 2.48. The summed E-state index contributed by atoms with van der Waals surface area (Å²) in [6.07, 6.45) is 1.46. The van der Waals surface area contributed by atoms with E-state index in [1.807, 2.05) is 13.8 Å². The number of aliphatic hydroxyl groups excluding tert-OH is 1. The highest BCUT2D eigenvalue weighted by Crippen LogP contribution is 2.43. The summed E-state index contributed by atoms with van der Waals surface area (Å²) in [5.74, 6) is -0.265. The predicted octanol–water partition coefficient (Wildman–Crippen LogP) is 4.70. The van der Waals surface area contributed by atoms with Crippen molar-refractivity contribution in [3.05, 3.63) is 83.8 Å². The van der Waals surface area contributed by atoms with Crippen molar-refractivity contribution >= 4 is 23.1 Å². The van der Waals surface area contributed by atoms with Gasteiger partial charge in [-0.2, -0.15) is 0 Å². The Morgan fingerprint density at radius 2 is 1.69 bits per heavy atom. The topological polar surface area (TPSA) is 89.2 Å². The molecular formula is C25H23NO6. The van der Waals surface area contributed by atoms with Crippen LogP contribution < -0.4 is 14.4 Å². The maximum atomic E-state index is 13.1. The van der Waals surface area contributed by atoms with E-state index >= 15 is 0 Å². The van der Waals surface area contributed by atoms with Gasteiger partial charge in [-0.1, -0.05) is 6.07 Å². The van der Waals surface area contributed by atoms with E-state index in [1.165, 1.54) is 11.2 Å². The number of aliphatic hydroxyl groups is 1. The van der Waals surface area contributed by atoms with Gasteiger partial charge in [0.2, 0.25) is 0 Å². The molecule has 1 aromatic heterocycles. The lowest BCUT2D eigenvalue weighted by Gasteiger charge is -2.23. The molecule has 1 aliphatic rings. The van der Waals surface area contributed by atoms with Crippen LogP contribution >= 0.6 is 0 Å². The molecule has 2 heterocycles. The summed E-state index contributed by atoms with van der Waals surface area (Å²) < 4.78 is 16.6.